The van der Waals surface area contributed by atoms with E-state index in [-0.39, 0.29) is 12.5 Å². The highest BCUT2D eigenvalue weighted by Crippen LogP contribution is 2.14. The van der Waals surface area contributed by atoms with Gasteiger partial charge >= 0.3 is 0 Å². The Morgan fingerprint density at radius 3 is 2.65 bits per heavy atom. The van der Waals surface area contributed by atoms with Crippen LogP contribution in [-0.2, 0) is 4.74 Å². The molecule has 0 saturated carbocycles. The van der Waals surface area contributed by atoms with Crippen LogP contribution in [0.25, 0.3) is 0 Å². The summed E-state index contributed by atoms with van der Waals surface area (Å²) in [6, 6.07) is 10.1. The van der Waals surface area contributed by atoms with E-state index >= 15 is 0 Å². The minimum atomic E-state index is 0.0352. The van der Waals surface area contributed by atoms with Crippen molar-refractivity contribution < 1.29 is 9.84 Å². The van der Waals surface area contributed by atoms with Gasteiger partial charge in [-0.3, -0.25) is 9.89 Å². The number of nitrogens with zero attached hydrogens (tertiary/aromatic N) is 2. The van der Waals surface area contributed by atoms with Crippen LogP contribution in [-0.4, -0.2) is 75.1 Å². The third kappa shape index (κ3) is 7.72. The van der Waals surface area contributed by atoms with Gasteiger partial charge in [0.05, 0.1) is 26.4 Å². The predicted molar refractivity (Wildman–Crippen MR) is 107 cm³/mol. The second kappa shape index (κ2) is 12.7. The molecule has 2 rings (SSSR count). The number of benzene rings is 1. The second-order valence-corrected chi connectivity index (χ2v) is 6.60. The number of hydrogen-bond acceptors (Lipinski definition) is 4. The lowest BCUT2D eigenvalue weighted by atomic mass is 10.0. The van der Waals surface area contributed by atoms with Crippen LogP contribution in [0.15, 0.2) is 35.3 Å². The normalized spacial score (nSPS) is 17.1. The van der Waals surface area contributed by atoms with Crippen LogP contribution < -0.4 is 10.6 Å². The minimum absolute atomic E-state index is 0.0352. The Balaban J connectivity index is 1.71. The summed E-state index contributed by atoms with van der Waals surface area (Å²) in [7, 11) is 0. The highest BCUT2D eigenvalue weighted by atomic mass is 16.5. The average molecular weight is 363 g/mol. The van der Waals surface area contributed by atoms with Crippen molar-refractivity contribution in [2.75, 3.05) is 59.1 Å². The van der Waals surface area contributed by atoms with E-state index in [2.05, 4.69) is 27.4 Å². The zero-order valence-corrected chi connectivity index (χ0v) is 16.0. The largest absolute Gasteiger partial charge is 0.396 e. The lowest BCUT2D eigenvalue weighted by Gasteiger charge is -2.26. The second-order valence-electron chi connectivity index (χ2n) is 6.60. The molecule has 0 spiro atoms. The van der Waals surface area contributed by atoms with Gasteiger partial charge in [-0.2, -0.15) is 0 Å². The average Bonchev–Trinajstić information content (AvgIpc) is 2.69. The summed E-state index contributed by atoms with van der Waals surface area (Å²) in [6.07, 6.45) is 2.29. The fraction of sp³-hybridized carbons (Fsp3) is 0.650. The summed E-state index contributed by atoms with van der Waals surface area (Å²) in [6.45, 7) is 9.46. The molecule has 1 fully saturated rings. The molecule has 0 amide bonds. The fourth-order valence-corrected chi connectivity index (χ4v) is 3.03. The van der Waals surface area contributed by atoms with Gasteiger partial charge in [-0.25, -0.2) is 0 Å². The summed E-state index contributed by atoms with van der Waals surface area (Å²) >= 11 is 0. The van der Waals surface area contributed by atoms with Gasteiger partial charge in [0, 0.05) is 32.1 Å². The van der Waals surface area contributed by atoms with E-state index in [4.69, 9.17) is 4.74 Å². The molecule has 6 nitrogen and oxygen atoms in total. The number of guanidine groups is 1. The number of rotatable bonds is 10. The van der Waals surface area contributed by atoms with Gasteiger partial charge < -0.3 is 20.5 Å². The lowest BCUT2D eigenvalue weighted by molar-refractivity contribution is 0.0372. The van der Waals surface area contributed by atoms with E-state index < -0.39 is 0 Å². The van der Waals surface area contributed by atoms with E-state index in [1.165, 1.54) is 6.42 Å². The van der Waals surface area contributed by atoms with Crippen molar-refractivity contribution in [3.8, 4) is 0 Å². The molecular formula is C20H34N4O2. The van der Waals surface area contributed by atoms with E-state index in [0.717, 1.165) is 63.9 Å². The van der Waals surface area contributed by atoms with Gasteiger partial charge in [-0.05, 0) is 31.9 Å². The number of aliphatic hydroxyl groups is 1. The number of unbranched alkanes of at least 4 members (excludes halogenated alkanes) is 1. The van der Waals surface area contributed by atoms with E-state index in [0.29, 0.717) is 6.54 Å². The molecule has 1 saturated heterocycles. The molecule has 1 atom stereocenters. The van der Waals surface area contributed by atoms with Crippen molar-refractivity contribution in [1.82, 2.24) is 15.5 Å². The SMILES string of the molecule is CCNC(=NCC(CO)c1ccccc1)NCCCCN1CCOCC1. The molecule has 1 aromatic rings. The molecule has 0 aromatic heterocycles. The van der Waals surface area contributed by atoms with Crippen LogP contribution in [0.1, 0.15) is 31.2 Å². The molecule has 1 heterocycles. The lowest BCUT2D eigenvalue weighted by Crippen LogP contribution is -2.39. The molecule has 6 heteroatoms. The first kappa shape index (κ1) is 20.7. The van der Waals surface area contributed by atoms with Crippen molar-refractivity contribution in [3.63, 3.8) is 0 Å². The molecule has 0 aliphatic carbocycles. The van der Waals surface area contributed by atoms with Crippen LogP contribution in [0.4, 0.5) is 0 Å². The maximum absolute atomic E-state index is 9.67. The zero-order chi connectivity index (χ0) is 18.5. The third-order valence-electron chi connectivity index (χ3n) is 4.60. The zero-order valence-electron chi connectivity index (χ0n) is 16.0. The van der Waals surface area contributed by atoms with Crippen LogP contribution in [0.3, 0.4) is 0 Å². The molecule has 3 N–H and O–H groups in total. The van der Waals surface area contributed by atoms with Gasteiger partial charge in [0.1, 0.15) is 0 Å². The molecule has 26 heavy (non-hydrogen) atoms. The summed E-state index contributed by atoms with van der Waals surface area (Å²) in [4.78, 5) is 7.12. The van der Waals surface area contributed by atoms with Gasteiger partial charge in [0.25, 0.3) is 0 Å². The smallest absolute Gasteiger partial charge is 0.191 e. The minimum Gasteiger partial charge on any atom is -0.396 e. The van der Waals surface area contributed by atoms with Crippen LogP contribution >= 0.6 is 0 Å². The number of aliphatic imine (C=N–C) groups is 1. The first-order chi connectivity index (χ1) is 12.8. The monoisotopic (exact) mass is 362 g/mol. The van der Waals surface area contributed by atoms with Gasteiger partial charge in [0.15, 0.2) is 5.96 Å². The molecule has 1 aliphatic heterocycles. The number of hydrogen-bond donors (Lipinski definition) is 3. The number of aliphatic hydroxyl groups excluding tert-OH is 1. The van der Waals surface area contributed by atoms with Crippen molar-refractivity contribution in [1.29, 1.82) is 0 Å². The molecule has 146 valence electrons. The molecule has 0 bridgehead atoms. The Labute approximate surface area is 157 Å². The summed E-state index contributed by atoms with van der Waals surface area (Å²) in [5, 5.41) is 16.4. The van der Waals surface area contributed by atoms with E-state index in [1.54, 1.807) is 0 Å². The van der Waals surface area contributed by atoms with Crippen LogP contribution in [0.5, 0.6) is 0 Å². The van der Waals surface area contributed by atoms with Crippen molar-refractivity contribution in [3.05, 3.63) is 35.9 Å². The number of nitrogens with one attached hydrogen (secondary N) is 2. The van der Waals surface area contributed by atoms with Crippen molar-refractivity contribution in [2.24, 2.45) is 4.99 Å². The molecule has 1 aliphatic rings. The molecule has 1 aromatic carbocycles. The van der Waals surface area contributed by atoms with Gasteiger partial charge in [0.2, 0.25) is 0 Å². The maximum Gasteiger partial charge on any atom is 0.191 e. The number of ether oxygens (including phenoxy) is 1. The third-order valence-corrected chi connectivity index (χ3v) is 4.60. The standard InChI is InChI=1S/C20H34N4O2/c1-2-21-20(22-10-6-7-11-24-12-14-26-15-13-24)23-16-19(17-25)18-8-4-3-5-9-18/h3-5,8-9,19,25H,2,6-7,10-17H2,1H3,(H2,21,22,23). The van der Waals surface area contributed by atoms with Crippen molar-refractivity contribution >= 4 is 5.96 Å². The Kier molecular flexibility index (Phi) is 10.1. The highest BCUT2D eigenvalue weighted by Gasteiger charge is 2.11. The quantitative estimate of drug-likeness (QED) is 0.334. The van der Waals surface area contributed by atoms with Crippen molar-refractivity contribution in [2.45, 2.75) is 25.7 Å². The fourth-order valence-electron chi connectivity index (χ4n) is 3.03. The van der Waals surface area contributed by atoms with E-state index in [9.17, 15) is 5.11 Å². The topological polar surface area (TPSA) is 69.1 Å². The van der Waals surface area contributed by atoms with Crippen LogP contribution in [0.2, 0.25) is 0 Å². The maximum atomic E-state index is 9.67. The highest BCUT2D eigenvalue weighted by molar-refractivity contribution is 5.79. The summed E-state index contributed by atoms with van der Waals surface area (Å²) < 4.78 is 5.38. The molecule has 0 radical (unpaired) electrons. The summed E-state index contributed by atoms with van der Waals surface area (Å²) in [5.41, 5.74) is 1.13. The number of morpholine rings is 1. The van der Waals surface area contributed by atoms with E-state index in [1.807, 2.05) is 30.3 Å². The van der Waals surface area contributed by atoms with Gasteiger partial charge in [-0.1, -0.05) is 30.3 Å². The first-order valence-corrected chi connectivity index (χ1v) is 9.81. The first-order valence-electron chi connectivity index (χ1n) is 9.81. The Morgan fingerprint density at radius 1 is 1.19 bits per heavy atom. The van der Waals surface area contributed by atoms with Gasteiger partial charge in [-0.15, -0.1) is 0 Å². The van der Waals surface area contributed by atoms with Crippen LogP contribution in [0, 0.1) is 0 Å². The summed E-state index contributed by atoms with van der Waals surface area (Å²) in [5.74, 6) is 0.862. The molecular weight excluding hydrogens is 328 g/mol. The molecule has 1 unspecified atom stereocenters. The Bertz CT molecular complexity index is 504. The predicted octanol–water partition coefficient (Wildman–Crippen LogP) is 1.43. The Hall–Kier alpha value is -1.63. The Morgan fingerprint density at radius 2 is 1.96 bits per heavy atom.